The van der Waals surface area contributed by atoms with Gasteiger partial charge in [-0.15, -0.1) is 0 Å². The third-order valence-electron chi connectivity index (χ3n) is 3.39. The summed E-state index contributed by atoms with van der Waals surface area (Å²) in [6.07, 6.45) is 9.42. The summed E-state index contributed by atoms with van der Waals surface area (Å²) in [7, 11) is 1.79. The van der Waals surface area contributed by atoms with Gasteiger partial charge in [0.05, 0.1) is 0 Å². The van der Waals surface area contributed by atoms with Gasteiger partial charge in [0.25, 0.3) is 0 Å². The number of aliphatic imine (C=N–C) groups is 1. The van der Waals surface area contributed by atoms with E-state index in [9.17, 15) is 0 Å². The summed E-state index contributed by atoms with van der Waals surface area (Å²) < 4.78 is 0. The molecule has 2 nitrogen and oxygen atoms in total. The van der Waals surface area contributed by atoms with Crippen LogP contribution < -0.4 is 0 Å². The number of hydrogen-bond acceptors (Lipinski definition) is 2. The highest BCUT2D eigenvalue weighted by atomic mass is 14.7. The first-order valence-corrected chi connectivity index (χ1v) is 6.78. The third-order valence-corrected chi connectivity index (χ3v) is 3.39. The van der Waals surface area contributed by atoms with E-state index >= 15 is 0 Å². The van der Waals surface area contributed by atoms with Crippen LogP contribution in [-0.2, 0) is 6.42 Å². The molecule has 0 spiro atoms. The first-order valence-electron chi connectivity index (χ1n) is 6.78. The zero-order valence-corrected chi connectivity index (χ0v) is 12.0. The van der Waals surface area contributed by atoms with Gasteiger partial charge in [-0.1, -0.05) is 38.8 Å². The van der Waals surface area contributed by atoms with Crippen molar-refractivity contribution in [2.24, 2.45) is 10.9 Å². The van der Waals surface area contributed by atoms with Crippen LogP contribution in [0.15, 0.2) is 29.4 Å². The van der Waals surface area contributed by atoms with Crippen molar-refractivity contribution in [3.8, 4) is 0 Å². The molecule has 0 fully saturated rings. The number of nitrogens with zero attached hydrogens (tertiary/aromatic N) is 2. The molecular weight excluding hydrogens is 220 g/mol. The maximum Gasteiger partial charge on any atom is 0.0406 e. The van der Waals surface area contributed by atoms with E-state index in [-0.39, 0.29) is 0 Å². The fraction of sp³-hybridized carbons (Fsp3) is 0.500. The molecule has 1 heterocycles. The van der Waals surface area contributed by atoms with E-state index in [1.54, 1.807) is 7.05 Å². The third kappa shape index (κ3) is 4.10. The quantitative estimate of drug-likeness (QED) is 0.690. The van der Waals surface area contributed by atoms with E-state index in [2.05, 4.69) is 42.0 Å². The lowest BCUT2D eigenvalue weighted by Gasteiger charge is -2.11. The molecular formula is C16H24N2. The van der Waals surface area contributed by atoms with E-state index in [0.29, 0.717) is 0 Å². The molecule has 0 atom stereocenters. The van der Waals surface area contributed by atoms with Crippen LogP contribution in [0.3, 0.4) is 0 Å². The van der Waals surface area contributed by atoms with Crippen molar-refractivity contribution in [3.63, 3.8) is 0 Å². The maximum absolute atomic E-state index is 4.56. The summed E-state index contributed by atoms with van der Waals surface area (Å²) in [5, 5.41) is 0. The Morgan fingerprint density at radius 1 is 1.33 bits per heavy atom. The first-order chi connectivity index (χ1) is 8.74. The normalized spacial score (nSPS) is 12.6. The lowest BCUT2D eigenvalue weighted by atomic mass is 9.97. The monoisotopic (exact) mass is 244 g/mol. The zero-order valence-electron chi connectivity index (χ0n) is 12.0. The summed E-state index contributed by atoms with van der Waals surface area (Å²) in [5.74, 6) is 0.752. The van der Waals surface area contributed by atoms with Gasteiger partial charge in [-0.25, -0.2) is 0 Å². The Bertz CT molecular complexity index is 398. The molecule has 0 aliphatic rings. The predicted octanol–water partition coefficient (Wildman–Crippen LogP) is 4.16. The molecule has 1 aromatic heterocycles. The van der Waals surface area contributed by atoms with E-state index in [1.807, 2.05) is 19.3 Å². The fourth-order valence-corrected chi connectivity index (χ4v) is 2.04. The second-order valence-corrected chi connectivity index (χ2v) is 4.56. The molecule has 0 aromatic carbocycles. The van der Waals surface area contributed by atoms with Crippen molar-refractivity contribution in [1.82, 2.24) is 4.98 Å². The molecule has 18 heavy (non-hydrogen) atoms. The lowest BCUT2D eigenvalue weighted by molar-refractivity contribution is 0.485. The van der Waals surface area contributed by atoms with Crippen LogP contribution in [0.25, 0.3) is 5.57 Å². The maximum atomic E-state index is 4.56. The van der Waals surface area contributed by atoms with Gasteiger partial charge in [0.15, 0.2) is 0 Å². The summed E-state index contributed by atoms with van der Waals surface area (Å²) >= 11 is 0. The minimum absolute atomic E-state index is 0.752. The van der Waals surface area contributed by atoms with Gasteiger partial charge in [0.1, 0.15) is 0 Å². The number of allylic oxidation sites excluding steroid dienone is 2. The Kier molecular flexibility index (Phi) is 6.34. The highest BCUT2D eigenvalue weighted by Gasteiger charge is 2.06. The number of rotatable bonds is 6. The van der Waals surface area contributed by atoms with E-state index in [0.717, 1.165) is 23.5 Å². The number of pyridine rings is 1. The predicted molar refractivity (Wildman–Crippen MR) is 80.1 cm³/mol. The van der Waals surface area contributed by atoms with Crippen molar-refractivity contribution in [2.75, 3.05) is 7.05 Å². The van der Waals surface area contributed by atoms with Gasteiger partial charge in [0.2, 0.25) is 0 Å². The van der Waals surface area contributed by atoms with Crippen molar-refractivity contribution < 1.29 is 0 Å². The average Bonchev–Trinajstić information content (AvgIpc) is 2.43. The van der Waals surface area contributed by atoms with Crippen molar-refractivity contribution >= 4 is 11.8 Å². The van der Waals surface area contributed by atoms with Crippen molar-refractivity contribution in [3.05, 3.63) is 35.7 Å². The van der Waals surface area contributed by atoms with Crippen LogP contribution >= 0.6 is 0 Å². The van der Waals surface area contributed by atoms with E-state index in [4.69, 9.17) is 0 Å². The molecule has 1 aromatic rings. The highest BCUT2D eigenvalue weighted by Crippen LogP contribution is 2.16. The van der Waals surface area contributed by atoms with Crippen LogP contribution in [0.4, 0.5) is 0 Å². The minimum atomic E-state index is 0.752. The van der Waals surface area contributed by atoms with Gasteiger partial charge in [-0.05, 0) is 30.9 Å². The largest absolute Gasteiger partial charge is 0.296 e. The SMILES string of the molecule is C/C=C(\C=N/C)c1ccc(CC(CC)CC)nc1. The minimum Gasteiger partial charge on any atom is -0.296 e. The lowest BCUT2D eigenvalue weighted by Crippen LogP contribution is -2.03. The zero-order chi connectivity index (χ0) is 13.4. The Morgan fingerprint density at radius 3 is 2.50 bits per heavy atom. The van der Waals surface area contributed by atoms with Crippen LogP contribution in [-0.4, -0.2) is 18.2 Å². The van der Waals surface area contributed by atoms with Crippen LogP contribution in [0, 0.1) is 5.92 Å². The molecule has 0 saturated carbocycles. The molecule has 0 N–H and O–H groups in total. The first kappa shape index (κ1) is 14.6. The summed E-state index contributed by atoms with van der Waals surface area (Å²) in [4.78, 5) is 8.62. The molecule has 0 saturated heterocycles. The van der Waals surface area contributed by atoms with Gasteiger partial charge in [-0.2, -0.15) is 0 Å². The Balaban J connectivity index is 2.79. The Labute approximate surface area is 111 Å². The second-order valence-electron chi connectivity index (χ2n) is 4.56. The van der Waals surface area contributed by atoms with E-state index < -0.39 is 0 Å². The van der Waals surface area contributed by atoms with Gasteiger partial charge in [-0.3, -0.25) is 9.98 Å². The topological polar surface area (TPSA) is 25.2 Å². The van der Waals surface area contributed by atoms with Gasteiger partial charge in [0, 0.05) is 30.7 Å². The molecule has 98 valence electrons. The van der Waals surface area contributed by atoms with E-state index in [1.165, 1.54) is 18.5 Å². The van der Waals surface area contributed by atoms with Crippen molar-refractivity contribution in [2.45, 2.75) is 40.0 Å². The summed E-state index contributed by atoms with van der Waals surface area (Å²) in [6, 6.07) is 4.28. The van der Waals surface area contributed by atoms with Crippen LogP contribution in [0.2, 0.25) is 0 Å². The molecule has 0 unspecified atom stereocenters. The molecule has 1 rings (SSSR count). The number of hydrogen-bond donors (Lipinski definition) is 0. The highest BCUT2D eigenvalue weighted by molar-refractivity contribution is 6.09. The smallest absolute Gasteiger partial charge is 0.0406 e. The molecule has 0 amide bonds. The molecule has 0 radical (unpaired) electrons. The Hall–Kier alpha value is -1.44. The molecule has 0 bridgehead atoms. The molecule has 0 aliphatic heterocycles. The van der Waals surface area contributed by atoms with Crippen molar-refractivity contribution in [1.29, 1.82) is 0 Å². The molecule has 2 heteroatoms. The van der Waals surface area contributed by atoms with Gasteiger partial charge >= 0.3 is 0 Å². The Morgan fingerprint density at radius 2 is 2.06 bits per heavy atom. The fourth-order valence-electron chi connectivity index (χ4n) is 2.04. The summed E-state index contributed by atoms with van der Waals surface area (Å²) in [6.45, 7) is 6.52. The molecule has 0 aliphatic carbocycles. The standard InChI is InChI=1S/C16H24N2/c1-5-13(6-2)10-16-9-8-15(12-18-16)14(7-3)11-17-4/h7-9,11-13H,5-6,10H2,1-4H3/b14-7+,17-11-. The second kappa shape index (κ2) is 7.80. The number of aromatic nitrogens is 1. The van der Waals surface area contributed by atoms with Crippen LogP contribution in [0.5, 0.6) is 0 Å². The average molecular weight is 244 g/mol. The van der Waals surface area contributed by atoms with Gasteiger partial charge < -0.3 is 0 Å². The summed E-state index contributed by atoms with van der Waals surface area (Å²) in [5.41, 5.74) is 3.45. The van der Waals surface area contributed by atoms with Crippen LogP contribution in [0.1, 0.15) is 44.9 Å².